The van der Waals surface area contributed by atoms with Gasteiger partial charge in [0.15, 0.2) is 0 Å². The minimum atomic E-state index is -0.162. The molecule has 0 saturated heterocycles. The summed E-state index contributed by atoms with van der Waals surface area (Å²) in [6.45, 7) is 0. The van der Waals surface area contributed by atoms with Crippen LogP contribution in [0.3, 0.4) is 0 Å². The van der Waals surface area contributed by atoms with Crippen LogP contribution in [0, 0.1) is 0 Å². The molecule has 110 valence electrons. The second-order valence-electron chi connectivity index (χ2n) is 5.15. The van der Waals surface area contributed by atoms with E-state index in [1.807, 2.05) is 42.5 Å². The molecule has 5 heteroatoms. The second-order valence-corrected chi connectivity index (χ2v) is 6.47. The molecule has 1 aliphatic rings. The number of ether oxygens (including phenoxy) is 1. The summed E-state index contributed by atoms with van der Waals surface area (Å²) < 4.78 is 6.73. The van der Waals surface area contributed by atoms with Gasteiger partial charge in [-0.2, -0.15) is 0 Å². The average Bonchev–Trinajstić information content (AvgIpc) is 3.29. The summed E-state index contributed by atoms with van der Waals surface area (Å²) in [6.07, 6.45) is 2.71. The van der Waals surface area contributed by atoms with Crippen LogP contribution in [0.4, 0.5) is 0 Å². The van der Waals surface area contributed by atoms with Crippen molar-refractivity contribution in [2.24, 2.45) is 5.84 Å². The van der Waals surface area contributed by atoms with E-state index < -0.39 is 0 Å². The summed E-state index contributed by atoms with van der Waals surface area (Å²) in [6, 6.07) is 13.6. The van der Waals surface area contributed by atoms with Crippen molar-refractivity contribution >= 4 is 27.5 Å². The molecule has 21 heavy (non-hydrogen) atoms. The molecule has 3 rings (SSSR count). The first-order valence-corrected chi connectivity index (χ1v) is 8.02. The maximum absolute atomic E-state index is 6.29. The van der Waals surface area contributed by atoms with Crippen molar-refractivity contribution in [2.75, 3.05) is 0 Å². The van der Waals surface area contributed by atoms with E-state index in [-0.39, 0.29) is 6.04 Å². The maximum atomic E-state index is 6.29. The van der Waals surface area contributed by atoms with Gasteiger partial charge in [0.25, 0.3) is 0 Å². The Labute approximate surface area is 137 Å². The molecular weight excluding hydrogens is 352 g/mol. The molecule has 0 aliphatic heterocycles. The smallest absolute Gasteiger partial charge is 0.119 e. The van der Waals surface area contributed by atoms with Crippen LogP contribution in [-0.4, -0.2) is 6.10 Å². The summed E-state index contributed by atoms with van der Waals surface area (Å²) in [7, 11) is 0. The number of nitrogens with two attached hydrogens (primary N) is 1. The Kier molecular flexibility index (Phi) is 4.50. The molecule has 0 aromatic heterocycles. The topological polar surface area (TPSA) is 47.3 Å². The van der Waals surface area contributed by atoms with Crippen molar-refractivity contribution in [2.45, 2.75) is 25.0 Å². The van der Waals surface area contributed by atoms with E-state index in [1.54, 1.807) is 0 Å². The highest BCUT2D eigenvalue weighted by molar-refractivity contribution is 9.10. The van der Waals surface area contributed by atoms with Gasteiger partial charge in [0, 0.05) is 9.50 Å². The lowest BCUT2D eigenvalue weighted by Gasteiger charge is -2.19. The molecule has 1 aliphatic carbocycles. The lowest BCUT2D eigenvalue weighted by Crippen LogP contribution is -2.29. The fraction of sp³-hybridized carbons (Fsp3) is 0.250. The first kappa shape index (κ1) is 14.9. The van der Waals surface area contributed by atoms with Crippen LogP contribution in [0.25, 0.3) is 0 Å². The minimum absolute atomic E-state index is 0.162. The van der Waals surface area contributed by atoms with Gasteiger partial charge in [0.05, 0.1) is 12.1 Å². The Balaban J connectivity index is 1.86. The predicted octanol–water partition coefficient (Wildman–Crippen LogP) is 4.20. The summed E-state index contributed by atoms with van der Waals surface area (Å²) in [4.78, 5) is 0. The highest BCUT2D eigenvalue weighted by Crippen LogP contribution is 2.32. The molecule has 1 atom stereocenters. The van der Waals surface area contributed by atoms with E-state index >= 15 is 0 Å². The first-order chi connectivity index (χ1) is 10.2. The molecule has 0 amide bonds. The quantitative estimate of drug-likeness (QED) is 0.615. The molecule has 1 saturated carbocycles. The minimum Gasteiger partial charge on any atom is -0.490 e. The third kappa shape index (κ3) is 3.58. The molecule has 1 unspecified atom stereocenters. The van der Waals surface area contributed by atoms with Gasteiger partial charge in [-0.15, -0.1) is 0 Å². The monoisotopic (exact) mass is 366 g/mol. The highest BCUT2D eigenvalue weighted by Gasteiger charge is 2.23. The summed E-state index contributed by atoms with van der Waals surface area (Å²) in [5.41, 5.74) is 4.81. The number of nitrogens with one attached hydrogen (secondary N) is 1. The van der Waals surface area contributed by atoms with E-state index in [2.05, 4.69) is 21.4 Å². The van der Waals surface area contributed by atoms with Crippen LogP contribution >= 0.6 is 27.5 Å². The van der Waals surface area contributed by atoms with Gasteiger partial charge in [0.2, 0.25) is 0 Å². The van der Waals surface area contributed by atoms with Crippen LogP contribution in [0.2, 0.25) is 5.02 Å². The Bertz CT molecular complexity index is 629. The predicted molar refractivity (Wildman–Crippen MR) is 88.4 cm³/mol. The van der Waals surface area contributed by atoms with Crippen molar-refractivity contribution in [3.63, 3.8) is 0 Å². The first-order valence-electron chi connectivity index (χ1n) is 6.85. The number of benzene rings is 2. The van der Waals surface area contributed by atoms with Gasteiger partial charge in [-0.05, 0) is 54.3 Å². The van der Waals surface area contributed by atoms with Gasteiger partial charge in [-0.25, -0.2) is 5.43 Å². The van der Waals surface area contributed by atoms with Gasteiger partial charge >= 0.3 is 0 Å². The molecule has 0 heterocycles. The zero-order chi connectivity index (χ0) is 14.8. The third-order valence-electron chi connectivity index (χ3n) is 3.48. The number of rotatable bonds is 5. The number of halogens is 2. The SMILES string of the molecule is NNC(c1ccc(OC2CC2)cc1)c1cc(Br)ccc1Cl. The third-order valence-corrected chi connectivity index (χ3v) is 4.31. The standard InChI is InChI=1S/C16H16BrClN2O/c17-11-3-8-15(18)14(9-11)16(20-19)10-1-4-12(5-2-10)21-13-6-7-13/h1-5,8-9,13,16,20H,6-7,19H2. The second kappa shape index (κ2) is 6.36. The Morgan fingerprint density at radius 3 is 2.52 bits per heavy atom. The van der Waals surface area contributed by atoms with Crippen molar-refractivity contribution in [1.29, 1.82) is 0 Å². The highest BCUT2D eigenvalue weighted by atomic mass is 79.9. The molecule has 1 fully saturated rings. The Morgan fingerprint density at radius 2 is 1.90 bits per heavy atom. The van der Waals surface area contributed by atoms with E-state index in [4.69, 9.17) is 22.2 Å². The Hall–Kier alpha value is -1.07. The average molecular weight is 368 g/mol. The number of hydrogen-bond acceptors (Lipinski definition) is 3. The fourth-order valence-corrected chi connectivity index (χ4v) is 2.82. The maximum Gasteiger partial charge on any atom is 0.119 e. The molecule has 2 aromatic rings. The molecule has 3 nitrogen and oxygen atoms in total. The fourth-order valence-electron chi connectivity index (χ4n) is 2.22. The summed E-state index contributed by atoms with van der Waals surface area (Å²) in [5.74, 6) is 6.63. The largest absolute Gasteiger partial charge is 0.490 e. The van der Waals surface area contributed by atoms with E-state index in [0.29, 0.717) is 11.1 Å². The molecular formula is C16H16BrClN2O. The zero-order valence-electron chi connectivity index (χ0n) is 11.4. The molecule has 0 spiro atoms. The van der Waals surface area contributed by atoms with Crippen LogP contribution < -0.4 is 16.0 Å². The summed E-state index contributed by atoms with van der Waals surface area (Å²) in [5, 5.41) is 0.680. The number of hydrazine groups is 1. The van der Waals surface area contributed by atoms with E-state index in [1.165, 1.54) is 0 Å². The van der Waals surface area contributed by atoms with Crippen molar-refractivity contribution < 1.29 is 4.74 Å². The zero-order valence-corrected chi connectivity index (χ0v) is 13.7. The number of hydrogen-bond donors (Lipinski definition) is 2. The lowest BCUT2D eigenvalue weighted by molar-refractivity contribution is 0.303. The Morgan fingerprint density at radius 1 is 1.19 bits per heavy atom. The molecule has 2 aromatic carbocycles. The van der Waals surface area contributed by atoms with Crippen LogP contribution in [0.15, 0.2) is 46.9 Å². The van der Waals surface area contributed by atoms with Gasteiger partial charge in [-0.1, -0.05) is 39.7 Å². The van der Waals surface area contributed by atoms with E-state index in [0.717, 1.165) is 34.2 Å². The van der Waals surface area contributed by atoms with Gasteiger partial charge < -0.3 is 4.74 Å². The van der Waals surface area contributed by atoms with Crippen molar-refractivity contribution in [3.8, 4) is 5.75 Å². The van der Waals surface area contributed by atoms with Crippen molar-refractivity contribution in [1.82, 2.24) is 5.43 Å². The lowest BCUT2D eigenvalue weighted by atomic mass is 9.99. The van der Waals surface area contributed by atoms with Gasteiger partial charge in [0.1, 0.15) is 5.75 Å². The normalized spacial score (nSPS) is 15.8. The molecule has 0 bridgehead atoms. The van der Waals surface area contributed by atoms with Gasteiger partial charge in [-0.3, -0.25) is 5.84 Å². The van der Waals surface area contributed by atoms with Crippen LogP contribution in [0.5, 0.6) is 5.75 Å². The summed E-state index contributed by atoms with van der Waals surface area (Å²) >= 11 is 9.75. The molecule has 3 N–H and O–H groups in total. The van der Waals surface area contributed by atoms with Crippen LogP contribution in [0.1, 0.15) is 30.0 Å². The van der Waals surface area contributed by atoms with E-state index in [9.17, 15) is 0 Å². The van der Waals surface area contributed by atoms with Crippen molar-refractivity contribution in [3.05, 3.63) is 63.1 Å². The van der Waals surface area contributed by atoms with Crippen LogP contribution in [-0.2, 0) is 0 Å². The molecule has 0 radical (unpaired) electrons.